The average Bonchev–Trinajstić information content (AvgIpc) is 2.48. The Hall–Kier alpha value is -2.26. The maximum absolute atomic E-state index is 11.3. The highest BCUT2D eigenvalue weighted by atomic mass is 16.5. The van der Waals surface area contributed by atoms with Crippen molar-refractivity contribution in [3.05, 3.63) is 70.8 Å². The molecule has 108 valence electrons. The van der Waals surface area contributed by atoms with Crippen LogP contribution in [-0.4, -0.2) is 11.6 Å². The van der Waals surface area contributed by atoms with Crippen LogP contribution in [-0.2, 0) is 18.0 Å². The Morgan fingerprint density at radius 3 is 1.62 bits per heavy atom. The lowest BCUT2D eigenvalue weighted by atomic mass is 10.1. The molecule has 0 bridgehead atoms. The standard InChI is InChI=1S/C18H18O3/c1-13(19)17-7-3-5-15(9-17)11-21-12-16-6-4-8-18(10-16)14(2)20/h3-10H,11-12H2,1-2H3. The summed E-state index contributed by atoms with van der Waals surface area (Å²) >= 11 is 0. The summed E-state index contributed by atoms with van der Waals surface area (Å²) in [7, 11) is 0. The number of Topliss-reactive ketones (excluding diaryl/α,β-unsaturated/α-hetero) is 2. The minimum absolute atomic E-state index is 0.0472. The third-order valence-corrected chi connectivity index (χ3v) is 3.20. The molecule has 0 amide bonds. The normalized spacial score (nSPS) is 10.4. The highest BCUT2D eigenvalue weighted by molar-refractivity contribution is 5.94. The van der Waals surface area contributed by atoms with Gasteiger partial charge < -0.3 is 4.74 Å². The van der Waals surface area contributed by atoms with E-state index in [4.69, 9.17) is 4.74 Å². The van der Waals surface area contributed by atoms with Gasteiger partial charge in [0.1, 0.15) is 0 Å². The predicted molar refractivity (Wildman–Crippen MR) is 81.4 cm³/mol. The average molecular weight is 282 g/mol. The number of hydrogen-bond donors (Lipinski definition) is 0. The molecule has 0 atom stereocenters. The van der Waals surface area contributed by atoms with E-state index in [-0.39, 0.29) is 11.6 Å². The van der Waals surface area contributed by atoms with E-state index in [1.165, 1.54) is 0 Å². The van der Waals surface area contributed by atoms with Crippen LogP contribution in [0.4, 0.5) is 0 Å². The number of carbonyl (C=O) groups excluding carboxylic acids is 2. The Kier molecular flexibility index (Phi) is 5.01. The van der Waals surface area contributed by atoms with Crippen LogP contribution in [0.3, 0.4) is 0 Å². The summed E-state index contributed by atoms with van der Waals surface area (Å²) in [6.45, 7) is 3.97. The summed E-state index contributed by atoms with van der Waals surface area (Å²) in [6.07, 6.45) is 0. The van der Waals surface area contributed by atoms with Crippen molar-refractivity contribution in [2.75, 3.05) is 0 Å². The zero-order chi connectivity index (χ0) is 15.2. The number of ether oxygens (including phenoxy) is 1. The van der Waals surface area contributed by atoms with Crippen molar-refractivity contribution >= 4 is 11.6 Å². The molecule has 2 aromatic carbocycles. The molecule has 0 spiro atoms. The lowest BCUT2D eigenvalue weighted by Crippen LogP contribution is -1.99. The van der Waals surface area contributed by atoms with Crippen LogP contribution >= 0.6 is 0 Å². The molecule has 0 radical (unpaired) electrons. The van der Waals surface area contributed by atoms with Crippen molar-refractivity contribution in [3.63, 3.8) is 0 Å². The number of rotatable bonds is 6. The molecule has 2 aromatic rings. The second-order valence-corrected chi connectivity index (χ2v) is 5.01. The zero-order valence-corrected chi connectivity index (χ0v) is 12.3. The van der Waals surface area contributed by atoms with Crippen molar-refractivity contribution in [1.82, 2.24) is 0 Å². The largest absolute Gasteiger partial charge is 0.372 e. The highest BCUT2D eigenvalue weighted by Crippen LogP contribution is 2.11. The van der Waals surface area contributed by atoms with E-state index < -0.39 is 0 Å². The Morgan fingerprint density at radius 2 is 1.24 bits per heavy atom. The van der Waals surface area contributed by atoms with Gasteiger partial charge in [-0.2, -0.15) is 0 Å². The van der Waals surface area contributed by atoms with Crippen molar-refractivity contribution in [2.45, 2.75) is 27.1 Å². The van der Waals surface area contributed by atoms with Gasteiger partial charge in [-0.15, -0.1) is 0 Å². The van der Waals surface area contributed by atoms with Gasteiger partial charge in [0.05, 0.1) is 13.2 Å². The topological polar surface area (TPSA) is 43.4 Å². The molecular formula is C18H18O3. The van der Waals surface area contributed by atoms with Crippen LogP contribution in [0.2, 0.25) is 0 Å². The van der Waals surface area contributed by atoms with Crippen molar-refractivity contribution in [2.24, 2.45) is 0 Å². The van der Waals surface area contributed by atoms with Gasteiger partial charge in [-0.1, -0.05) is 36.4 Å². The van der Waals surface area contributed by atoms with Crippen LogP contribution < -0.4 is 0 Å². The summed E-state index contributed by atoms with van der Waals surface area (Å²) in [6, 6.07) is 14.8. The number of hydrogen-bond acceptors (Lipinski definition) is 3. The van der Waals surface area contributed by atoms with Crippen LogP contribution in [0.1, 0.15) is 45.7 Å². The molecule has 0 saturated heterocycles. The molecule has 2 rings (SSSR count). The van der Waals surface area contributed by atoms with Crippen molar-refractivity contribution in [1.29, 1.82) is 0 Å². The molecule has 0 saturated carbocycles. The summed E-state index contributed by atoms with van der Waals surface area (Å²) in [5.41, 5.74) is 3.31. The molecule has 0 aliphatic rings. The van der Waals surface area contributed by atoms with Gasteiger partial charge in [0.2, 0.25) is 0 Å². The number of carbonyl (C=O) groups is 2. The Labute approximate surface area is 124 Å². The van der Waals surface area contributed by atoms with Crippen LogP contribution in [0, 0.1) is 0 Å². The second-order valence-electron chi connectivity index (χ2n) is 5.01. The van der Waals surface area contributed by atoms with E-state index in [2.05, 4.69) is 0 Å². The zero-order valence-electron chi connectivity index (χ0n) is 12.3. The molecule has 0 aliphatic heterocycles. The third-order valence-electron chi connectivity index (χ3n) is 3.20. The molecular weight excluding hydrogens is 264 g/mol. The molecule has 0 N–H and O–H groups in total. The first-order valence-electron chi connectivity index (χ1n) is 6.84. The monoisotopic (exact) mass is 282 g/mol. The van der Waals surface area contributed by atoms with Gasteiger partial charge >= 0.3 is 0 Å². The van der Waals surface area contributed by atoms with Crippen molar-refractivity contribution in [3.8, 4) is 0 Å². The molecule has 0 heterocycles. The second kappa shape index (κ2) is 6.95. The Morgan fingerprint density at radius 1 is 0.810 bits per heavy atom. The van der Waals surface area contributed by atoms with Gasteiger partial charge in [0.15, 0.2) is 11.6 Å². The maximum atomic E-state index is 11.3. The summed E-state index contributed by atoms with van der Waals surface area (Å²) < 4.78 is 5.65. The molecule has 0 fully saturated rings. The molecule has 0 aromatic heterocycles. The lowest BCUT2D eigenvalue weighted by molar-refractivity contribution is 0.100. The van der Waals surface area contributed by atoms with Gasteiger partial charge in [-0.05, 0) is 37.1 Å². The van der Waals surface area contributed by atoms with E-state index in [0.29, 0.717) is 24.3 Å². The summed E-state index contributed by atoms with van der Waals surface area (Å²) in [4.78, 5) is 22.6. The fraction of sp³-hybridized carbons (Fsp3) is 0.222. The molecule has 3 heteroatoms. The molecule has 21 heavy (non-hydrogen) atoms. The number of ketones is 2. The number of benzene rings is 2. The highest BCUT2D eigenvalue weighted by Gasteiger charge is 2.03. The van der Waals surface area contributed by atoms with Gasteiger partial charge in [-0.25, -0.2) is 0 Å². The van der Waals surface area contributed by atoms with Crippen LogP contribution in [0.5, 0.6) is 0 Å². The fourth-order valence-corrected chi connectivity index (χ4v) is 2.05. The molecule has 0 aliphatic carbocycles. The van der Waals surface area contributed by atoms with Crippen molar-refractivity contribution < 1.29 is 14.3 Å². The SMILES string of the molecule is CC(=O)c1cccc(COCc2cccc(C(C)=O)c2)c1. The smallest absolute Gasteiger partial charge is 0.159 e. The first kappa shape index (κ1) is 15.1. The van der Waals surface area contributed by atoms with Gasteiger partial charge in [-0.3, -0.25) is 9.59 Å². The first-order valence-corrected chi connectivity index (χ1v) is 6.84. The minimum atomic E-state index is 0.0472. The fourth-order valence-electron chi connectivity index (χ4n) is 2.05. The first-order chi connectivity index (χ1) is 10.1. The predicted octanol–water partition coefficient (Wildman–Crippen LogP) is 3.81. The van der Waals surface area contributed by atoms with Gasteiger partial charge in [0, 0.05) is 11.1 Å². The maximum Gasteiger partial charge on any atom is 0.159 e. The lowest BCUT2D eigenvalue weighted by Gasteiger charge is -2.07. The molecule has 3 nitrogen and oxygen atoms in total. The van der Waals surface area contributed by atoms with E-state index in [0.717, 1.165) is 11.1 Å². The summed E-state index contributed by atoms with van der Waals surface area (Å²) in [5, 5.41) is 0. The van der Waals surface area contributed by atoms with Crippen LogP contribution in [0.25, 0.3) is 0 Å². The van der Waals surface area contributed by atoms with Crippen LogP contribution in [0.15, 0.2) is 48.5 Å². The van der Waals surface area contributed by atoms with E-state index >= 15 is 0 Å². The quantitative estimate of drug-likeness (QED) is 0.757. The van der Waals surface area contributed by atoms with E-state index in [1.807, 2.05) is 36.4 Å². The Balaban J connectivity index is 1.95. The van der Waals surface area contributed by atoms with E-state index in [1.54, 1.807) is 26.0 Å². The Bertz CT molecular complexity index is 602. The molecule has 0 unspecified atom stereocenters. The van der Waals surface area contributed by atoms with Gasteiger partial charge in [0.25, 0.3) is 0 Å². The minimum Gasteiger partial charge on any atom is -0.372 e. The van der Waals surface area contributed by atoms with E-state index in [9.17, 15) is 9.59 Å². The summed E-state index contributed by atoms with van der Waals surface area (Å²) in [5.74, 6) is 0.0945. The third kappa shape index (κ3) is 4.36.